The summed E-state index contributed by atoms with van der Waals surface area (Å²) in [4.78, 5) is 11.1. The third-order valence-electron chi connectivity index (χ3n) is 2.03. The average molecular weight is 198 g/mol. The van der Waals surface area contributed by atoms with E-state index in [-0.39, 0.29) is 17.0 Å². The molecule has 1 aliphatic heterocycles. The Morgan fingerprint density at radius 1 is 1.54 bits per heavy atom. The van der Waals surface area contributed by atoms with Crippen molar-refractivity contribution in [2.75, 3.05) is 12.4 Å². The van der Waals surface area contributed by atoms with Crippen LogP contribution < -0.4 is 0 Å². The van der Waals surface area contributed by atoms with Crippen molar-refractivity contribution in [2.24, 2.45) is 0 Å². The maximum Gasteiger partial charge on any atom is 0.201 e. The zero-order chi connectivity index (χ0) is 9.26. The van der Waals surface area contributed by atoms with Crippen molar-refractivity contribution in [2.45, 2.75) is 11.9 Å². The van der Waals surface area contributed by atoms with Crippen LogP contribution in [0, 0.1) is 0 Å². The fourth-order valence-corrected chi connectivity index (χ4v) is 2.32. The SMILES string of the molecule is O=C1CC(C2OCCS2)=CC=C1O. The topological polar surface area (TPSA) is 46.5 Å². The Labute approximate surface area is 80.5 Å². The summed E-state index contributed by atoms with van der Waals surface area (Å²) < 4.78 is 5.41. The molecule has 1 N–H and O–H groups in total. The Hall–Kier alpha value is -0.740. The van der Waals surface area contributed by atoms with Crippen LogP contribution in [0.5, 0.6) is 0 Å². The van der Waals surface area contributed by atoms with Crippen LogP contribution in [-0.4, -0.2) is 28.7 Å². The molecule has 13 heavy (non-hydrogen) atoms. The summed E-state index contributed by atoms with van der Waals surface area (Å²) in [5, 5.41) is 9.06. The molecule has 0 saturated carbocycles. The predicted molar refractivity (Wildman–Crippen MR) is 50.6 cm³/mol. The summed E-state index contributed by atoms with van der Waals surface area (Å²) in [6.07, 6.45) is 3.52. The van der Waals surface area contributed by atoms with E-state index in [2.05, 4.69) is 0 Å². The van der Waals surface area contributed by atoms with Gasteiger partial charge in [0.15, 0.2) is 5.76 Å². The molecule has 0 aromatic rings. The molecule has 1 fully saturated rings. The molecule has 0 aromatic heterocycles. The van der Waals surface area contributed by atoms with Crippen LogP contribution in [-0.2, 0) is 9.53 Å². The molecule has 0 amide bonds. The summed E-state index contributed by atoms with van der Waals surface area (Å²) >= 11 is 1.70. The summed E-state index contributed by atoms with van der Waals surface area (Å²) in [6.45, 7) is 0.747. The molecule has 0 radical (unpaired) electrons. The zero-order valence-electron chi connectivity index (χ0n) is 7.03. The highest BCUT2D eigenvalue weighted by Gasteiger charge is 2.25. The van der Waals surface area contributed by atoms with E-state index < -0.39 is 0 Å². The maximum atomic E-state index is 11.1. The summed E-state index contributed by atoms with van der Waals surface area (Å²) in [6, 6.07) is 0. The highest BCUT2D eigenvalue weighted by atomic mass is 32.2. The number of carbonyl (C=O) groups is 1. The minimum Gasteiger partial charge on any atom is -0.504 e. The van der Waals surface area contributed by atoms with E-state index in [1.807, 2.05) is 0 Å². The van der Waals surface area contributed by atoms with Gasteiger partial charge in [-0.25, -0.2) is 0 Å². The number of rotatable bonds is 1. The molecule has 1 aliphatic carbocycles. The molecule has 1 unspecified atom stereocenters. The quantitative estimate of drug-likeness (QED) is 0.692. The van der Waals surface area contributed by atoms with Gasteiger partial charge in [-0.05, 0) is 11.6 Å². The van der Waals surface area contributed by atoms with Crippen LogP contribution in [0.1, 0.15) is 6.42 Å². The number of Topliss-reactive ketones (excluding diaryl/α,β-unsaturated/α-hetero) is 1. The molecule has 1 atom stereocenters. The lowest BCUT2D eigenvalue weighted by atomic mass is 10.0. The minimum atomic E-state index is -0.214. The lowest BCUT2D eigenvalue weighted by molar-refractivity contribution is -0.117. The predicted octanol–water partition coefficient (Wildman–Crippen LogP) is 1.42. The van der Waals surface area contributed by atoms with Gasteiger partial charge in [-0.2, -0.15) is 0 Å². The zero-order valence-corrected chi connectivity index (χ0v) is 7.84. The molecule has 1 saturated heterocycles. The van der Waals surface area contributed by atoms with Gasteiger partial charge in [0.2, 0.25) is 5.78 Å². The third kappa shape index (κ3) is 1.78. The molecule has 2 aliphatic rings. The second-order valence-electron chi connectivity index (χ2n) is 2.97. The molecule has 4 heteroatoms. The number of ketones is 1. The van der Waals surface area contributed by atoms with Crippen LogP contribution >= 0.6 is 11.8 Å². The Bertz CT molecular complexity index is 287. The number of hydrogen-bond acceptors (Lipinski definition) is 4. The molecule has 0 spiro atoms. The fourth-order valence-electron chi connectivity index (χ4n) is 1.35. The largest absolute Gasteiger partial charge is 0.504 e. The molecule has 0 aromatic carbocycles. The van der Waals surface area contributed by atoms with Crippen molar-refractivity contribution in [1.29, 1.82) is 0 Å². The van der Waals surface area contributed by atoms with Gasteiger partial charge in [-0.3, -0.25) is 4.79 Å². The van der Waals surface area contributed by atoms with Gasteiger partial charge in [0.1, 0.15) is 5.44 Å². The third-order valence-corrected chi connectivity index (χ3v) is 3.17. The number of thioether (sulfide) groups is 1. The number of aliphatic hydroxyl groups excluding tert-OH is 1. The van der Waals surface area contributed by atoms with E-state index in [1.165, 1.54) is 6.08 Å². The first kappa shape index (κ1) is 8.84. The molecule has 0 bridgehead atoms. The molecular weight excluding hydrogens is 188 g/mol. The van der Waals surface area contributed by atoms with Gasteiger partial charge in [0, 0.05) is 12.2 Å². The lowest BCUT2D eigenvalue weighted by Crippen LogP contribution is -2.14. The first-order valence-electron chi connectivity index (χ1n) is 4.13. The number of carbonyl (C=O) groups excluding carboxylic acids is 1. The van der Waals surface area contributed by atoms with E-state index in [1.54, 1.807) is 17.8 Å². The van der Waals surface area contributed by atoms with Crippen molar-refractivity contribution < 1.29 is 14.6 Å². The van der Waals surface area contributed by atoms with Crippen LogP contribution in [0.15, 0.2) is 23.5 Å². The smallest absolute Gasteiger partial charge is 0.201 e. The Balaban J connectivity index is 2.12. The highest BCUT2D eigenvalue weighted by Crippen LogP contribution is 2.30. The standard InChI is InChI=1S/C9H10O3S/c10-7-2-1-6(5-8(7)11)9-12-3-4-13-9/h1-2,9-10H,3-5H2. The lowest BCUT2D eigenvalue weighted by Gasteiger charge is -2.15. The van der Waals surface area contributed by atoms with Gasteiger partial charge in [-0.1, -0.05) is 6.08 Å². The van der Waals surface area contributed by atoms with Crippen LogP contribution in [0.3, 0.4) is 0 Å². The normalized spacial score (nSPS) is 28.6. The molecular formula is C9H10O3S. The number of hydrogen-bond donors (Lipinski definition) is 1. The van der Waals surface area contributed by atoms with Gasteiger partial charge in [0.25, 0.3) is 0 Å². The van der Waals surface area contributed by atoms with Crippen LogP contribution in [0.4, 0.5) is 0 Å². The number of aliphatic hydroxyl groups is 1. The van der Waals surface area contributed by atoms with Gasteiger partial charge in [0.05, 0.1) is 6.61 Å². The first-order chi connectivity index (χ1) is 6.27. The average Bonchev–Trinajstić information content (AvgIpc) is 2.62. The minimum absolute atomic E-state index is 0.0216. The maximum absolute atomic E-state index is 11.1. The van der Waals surface area contributed by atoms with Gasteiger partial charge >= 0.3 is 0 Å². The summed E-state index contributed by atoms with van der Waals surface area (Å²) in [5.74, 6) is 0.617. The first-order valence-corrected chi connectivity index (χ1v) is 5.18. The van der Waals surface area contributed by atoms with Crippen molar-refractivity contribution in [1.82, 2.24) is 0 Å². The second-order valence-corrected chi connectivity index (χ2v) is 4.14. The number of ether oxygens (including phenoxy) is 1. The second kappa shape index (κ2) is 3.55. The van der Waals surface area contributed by atoms with E-state index in [0.717, 1.165) is 17.9 Å². The van der Waals surface area contributed by atoms with E-state index in [0.29, 0.717) is 6.42 Å². The van der Waals surface area contributed by atoms with Gasteiger partial charge < -0.3 is 9.84 Å². The highest BCUT2D eigenvalue weighted by molar-refractivity contribution is 8.00. The van der Waals surface area contributed by atoms with E-state index >= 15 is 0 Å². The van der Waals surface area contributed by atoms with Crippen molar-refractivity contribution >= 4 is 17.5 Å². The Morgan fingerprint density at radius 3 is 3.00 bits per heavy atom. The molecule has 3 nitrogen and oxygen atoms in total. The van der Waals surface area contributed by atoms with Crippen LogP contribution in [0.2, 0.25) is 0 Å². The van der Waals surface area contributed by atoms with E-state index in [9.17, 15) is 4.79 Å². The van der Waals surface area contributed by atoms with Crippen molar-refractivity contribution in [3.8, 4) is 0 Å². The Morgan fingerprint density at radius 2 is 2.38 bits per heavy atom. The monoisotopic (exact) mass is 198 g/mol. The van der Waals surface area contributed by atoms with Crippen molar-refractivity contribution in [3.05, 3.63) is 23.5 Å². The Kier molecular flexibility index (Phi) is 2.42. The molecule has 2 rings (SSSR count). The molecule has 70 valence electrons. The molecule has 1 heterocycles. The van der Waals surface area contributed by atoms with Crippen molar-refractivity contribution in [3.63, 3.8) is 0 Å². The fraction of sp³-hybridized carbons (Fsp3) is 0.444. The van der Waals surface area contributed by atoms with E-state index in [4.69, 9.17) is 9.84 Å². The summed E-state index contributed by atoms with van der Waals surface area (Å²) in [5.41, 5.74) is 0.985. The summed E-state index contributed by atoms with van der Waals surface area (Å²) in [7, 11) is 0. The number of allylic oxidation sites excluding steroid dienone is 3. The van der Waals surface area contributed by atoms with Gasteiger partial charge in [-0.15, -0.1) is 11.8 Å². The van der Waals surface area contributed by atoms with Crippen LogP contribution in [0.25, 0.3) is 0 Å².